The highest BCUT2D eigenvalue weighted by Crippen LogP contribution is 2.23. The van der Waals surface area contributed by atoms with Crippen molar-refractivity contribution in [3.8, 4) is 0 Å². The van der Waals surface area contributed by atoms with Gasteiger partial charge >= 0.3 is 0 Å². The smallest absolute Gasteiger partial charge is 0.0509 e. The first-order valence-electron chi connectivity index (χ1n) is 6.84. The summed E-state index contributed by atoms with van der Waals surface area (Å²) in [5, 5.41) is 3.66. The lowest BCUT2D eigenvalue weighted by Crippen LogP contribution is -2.43. The Hall–Kier alpha value is -0.120. The van der Waals surface area contributed by atoms with Crippen LogP contribution in [0.25, 0.3) is 0 Å². The second-order valence-corrected chi connectivity index (χ2v) is 5.53. The van der Waals surface area contributed by atoms with Crippen LogP contribution in [0.5, 0.6) is 0 Å². The van der Waals surface area contributed by atoms with Crippen LogP contribution in [0.15, 0.2) is 0 Å². The molecule has 0 aromatic heterocycles. The molecule has 16 heavy (non-hydrogen) atoms. The lowest BCUT2D eigenvalue weighted by Gasteiger charge is -2.30. The molecule has 2 rings (SSSR count). The first kappa shape index (κ1) is 12.3. The number of ether oxygens (including phenoxy) is 1. The van der Waals surface area contributed by atoms with Gasteiger partial charge in [0.1, 0.15) is 0 Å². The van der Waals surface area contributed by atoms with E-state index in [4.69, 9.17) is 10.5 Å². The van der Waals surface area contributed by atoms with Crippen LogP contribution in [0.2, 0.25) is 0 Å². The summed E-state index contributed by atoms with van der Waals surface area (Å²) in [5.41, 5.74) is 6.15. The van der Waals surface area contributed by atoms with Crippen LogP contribution in [-0.2, 0) is 4.74 Å². The summed E-state index contributed by atoms with van der Waals surface area (Å²) in [6, 6.07) is 1.00. The summed E-state index contributed by atoms with van der Waals surface area (Å²) in [5.74, 6) is 1.40. The highest BCUT2D eigenvalue weighted by molar-refractivity contribution is 4.82. The normalized spacial score (nSPS) is 37.5. The average Bonchev–Trinajstić information content (AvgIpc) is 2.81. The topological polar surface area (TPSA) is 47.3 Å². The monoisotopic (exact) mass is 226 g/mol. The van der Waals surface area contributed by atoms with Crippen LogP contribution in [0, 0.1) is 11.8 Å². The SMILES string of the molecule is CC(NCC1CCCCC1N)C1CCOC1. The Bertz CT molecular complexity index is 204. The molecule has 94 valence electrons. The van der Waals surface area contributed by atoms with Crippen LogP contribution in [0.4, 0.5) is 0 Å². The molecule has 0 amide bonds. The highest BCUT2D eigenvalue weighted by atomic mass is 16.5. The van der Waals surface area contributed by atoms with Crippen LogP contribution in [-0.4, -0.2) is 31.8 Å². The van der Waals surface area contributed by atoms with E-state index in [0.717, 1.165) is 19.8 Å². The molecule has 1 saturated carbocycles. The number of rotatable bonds is 4. The number of nitrogens with two attached hydrogens (primary N) is 1. The third-order valence-electron chi connectivity index (χ3n) is 4.34. The van der Waals surface area contributed by atoms with Crippen molar-refractivity contribution in [3.63, 3.8) is 0 Å². The largest absolute Gasteiger partial charge is 0.381 e. The maximum atomic E-state index is 6.15. The van der Waals surface area contributed by atoms with Crippen LogP contribution in [0.3, 0.4) is 0 Å². The van der Waals surface area contributed by atoms with Gasteiger partial charge in [0.15, 0.2) is 0 Å². The first-order valence-corrected chi connectivity index (χ1v) is 6.84. The van der Waals surface area contributed by atoms with Gasteiger partial charge in [0, 0.05) is 18.7 Å². The molecule has 3 heteroatoms. The van der Waals surface area contributed by atoms with Crippen molar-refractivity contribution >= 4 is 0 Å². The van der Waals surface area contributed by atoms with Gasteiger partial charge in [-0.3, -0.25) is 0 Å². The minimum Gasteiger partial charge on any atom is -0.381 e. The standard InChI is InChI=1S/C13H26N2O/c1-10(12-6-7-16-9-12)15-8-11-4-2-3-5-13(11)14/h10-13,15H,2-9,14H2,1H3. The Balaban J connectivity index is 1.69. The number of nitrogens with one attached hydrogen (secondary N) is 1. The van der Waals surface area contributed by atoms with Crippen LogP contribution in [0.1, 0.15) is 39.0 Å². The molecule has 4 unspecified atom stereocenters. The second kappa shape index (κ2) is 5.99. The van der Waals surface area contributed by atoms with Gasteiger partial charge in [-0.15, -0.1) is 0 Å². The first-order chi connectivity index (χ1) is 7.77. The lowest BCUT2D eigenvalue weighted by atomic mass is 9.84. The van der Waals surface area contributed by atoms with E-state index in [1.807, 2.05) is 0 Å². The van der Waals surface area contributed by atoms with E-state index in [2.05, 4.69) is 12.2 Å². The number of hydrogen-bond donors (Lipinski definition) is 2. The van der Waals surface area contributed by atoms with Crippen LogP contribution >= 0.6 is 0 Å². The predicted octanol–water partition coefficient (Wildman–Crippen LogP) is 1.52. The molecule has 0 aromatic rings. The Labute approximate surface area is 99.1 Å². The quantitative estimate of drug-likeness (QED) is 0.764. The van der Waals surface area contributed by atoms with E-state index in [1.165, 1.54) is 32.1 Å². The van der Waals surface area contributed by atoms with E-state index < -0.39 is 0 Å². The molecule has 0 aromatic carbocycles. The van der Waals surface area contributed by atoms with Crippen molar-refractivity contribution in [3.05, 3.63) is 0 Å². The zero-order valence-electron chi connectivity index (χ0n) is 10.5. The van der Waals surface area contributed by atoms with E-state index in [-0.39, 0.29) is 0 Å². The highest BCUT2D eigenvalue weighted by Gasteiger charge is 2.25. The molecular weight excluding hydrogens is 200 g/mol. The maximum Gasteiger partial charge on any atom is 0.0509 e. The van der Waals surface area contributed by atoms with Gasteiger partial charge < -0.3 is 15.8 Å². The second-order valence-electron chi connectivity index (χ2n) is 5.53. The van der Waals surface area contributed by atoms with Gasteiger partial charge in [0.25, 0.3) is 0 Å². The molecule has 1 heterocycles. The van der Waals surface area contributed by atoms with E-state index in [9.17, 15) is 0 Å². The van der Waals surface area contributed by atoms with Crippen LogP contribution < -0.4 is 11.1 Å². The Kier molecular flexibility index (Phi) is 4.62. The molecule has 0 radical (unpaired) electrons. The molecule has 2 fully saturated rings. The van der Waals surface area contributed by atoms with E-state index >= 15 is 0 Å². The van der Waals surface area contributed by atoms with Crippen molar-refractivity contribution in [1.82, 2.24) is 5.32 Å². The summed E-state index contributed by atoms with van der Waals surface area (Å²) in [4.78, 5) is 0. The van der Waals surface area contributed by atoms with Crippen molar-refractivity contribution in [2.75, 3.05) is 19.8 Å². The van der Waals surface area contributed by atoms with E-state index in [0.29, 0.717) is 23.9 Å². The molecule has 1 saturated heterocycles. The van der Waals surface area contributed by atoms with Gasteiger partial charge in [0.05, 0.1) is 6.61 Å². The minimum absolute atomic E-state index is 0.424. The maximum absolute atomic E-state index is 6.15. The zero-order chi connectivity index (χ0) is 11.4. The third-order valence-corrected chi connectivity index (χ3v) is 4.34. The number of hydrogen-bond acceptors (Lipinski definition) is 3. The molecular formula is C13H26N2O. The van der Waals surface area contributed by atoms with Gasteiger partial charge in [0.2, 0.25) is 0 Å². The molecule has 1 aliphatic heterocycles. The van der Waals surface area contributed by atoms with Crippen molar-refractivity contribution in [2.24, 2.45) is 17.6 Å². The fourth-order valence-corrected chi connectivity index (χ4v) is 2.94. The van der Waals surface area contributed by atoms with E-state index in [1.54, 1.807) is 0 Å². The Morgan fingerprint density at radius 3 is 2.81 bits per heavy atom. The third kappa shape index (κ3) is 3.19. The Morgan fingerprint density at radius 1 is 1.31 bits per heavy atom. The summed E-state index contributed by atoms with van der Waals surface area (Å²) >= 11 is 0. The lowest BCUT2D eigenvalue weighted by molar-refractivity contribution is 0.176. The predicted molar refractivity (Wildman–Crippen MR) is 66.3 cm³/mol. The molecule has 3 nitrogen and oxygen atoms in total. The molecule has 3 N–H and O–H groups in total. The average molecular weight is 226 g/mol. The van der Waals surface area contributed by atoms with Gasteiger partial charge in [-0.2, -0.15) is 0 Å². The molecule has 0 bridgehead atoms. The van der Waals surface area contributed by atoms with Gasteiger partial charge in [-0.25, -0.2) is 0 Å². The zero-order valence-corrected chi connectivity index (χ0v) is 10.5. The van der Waals surface area contributed by atoms with Crippen molar-refractivity contribution in [1.29, 1.82) is 0 Å². The van der Waals surface area contributed by atoms with Gasteiger partial charge in [-0.1, -0.05) is 12.8 Å². The van der Waals surface area contributed by atoms with Gasteiger partial charge in [-0.05, 0) is 44.6 Å². The minimum atomic E-state index is 0.424. The molecule has 1 aliphatic carbocycles. The summed E-state index contributed by atoms with van der Waals surface area (Å²) in [6.07, 6.45) is 6.42. The summed E-state index contributed by atoms with van der Waals surface area (Å²) in [6.45, 7) is 5.26. The summed E-state index contributed by atoms with van der Waals surface area (Å²) in [7, 11) is 0. The van der Waals surface area contributed by atoms with Crippen molar-refractivity contribution in [2.45, 2.75) is 51.1 Å². The molecule has 2 aliphatic rings. The van der Waals surface area contributed by atoms with Crippen molar-refractivity contribution < 1.29 is 4.74 Å². The fourth-order valence-electron chi connectivity index (χ4n) is 2.94. The fraction of sp³-hybridized carbons (Fsp3) is 1.00. The molecule has 0 spiro atoms. The Morgan fingerprint density at radius 2 is 2.12 bits per heavy atom. The molecule has 4 atom stereocenters. The summed E-state index contributed by atoms with van der Waals surface area (Å²) < 4.78 is 5.43.